The lowest BCUT2D eigenvalue weighted by Crippen LogP contribution is -2.25. The van der Waals surface area contributed by atoms with Crippen molar-refractivity contribution in [2.24, 2.45) is 0 Å². The minimum absolute atomic E-state index is 0.411. The summed E-state index contributed by atoms with van der Waals surface area (Å²) in [5.74, 6) is 0.759. The molecule has 0 N–H and O–H groups in total. The van der Waals surface area contributed by atoms with Crippen LogP contribution < -0.4 is 9.47 Å². The summed E-state index contributed by atoms with van der Waals surface area (Å²) in [5.41, 5.74) is 0. The fraction of sp³-hybridized carbons (Fsp3) is 0.417. The van der Waals surface area contributed by atoms with Gasteiger partial charge < -0.3 is 14.2 Å². The molecule has 0 heterocycles. The van der Waals surface area contributed by atoms with Crippen LogP contribution in [-0.2, 0) is 9.53 Å². The van der Waals surface area contributed by atoms with Crippen LogP contribution in [0, 0.1) is 0 Å². The zero-order valence-electron chi connectivity index (χ0n) is 9.73. The lowest BCUT2D eigenvalue weighted by molar-refractivity contribution is -0.147. The molecule has 0 aliphatic rings. The van der Waals surface area contributed by atoms with E-state index in [4.69, 9.17) is 9.47 Å². The molecule has 4 heteroatoms. The number of esters is 1. The minimum atomic E-state index is -0.647. The summed E-state index contributed by atoms with van der Waals surface area (Å²) in [7, 11) is 1.33. The quantitative estimate of drug-likeness (QED) is 0.718. The van der Waals surface area contributed by atoms with E-state index in [2.05, 4.69) is 4.74 Å². The number of para-hydroxylation sites is 2. The van der Waals surface area contributed by atoms with E-state index >= 15 is 0 Å². The van der Waals surface area contributed by atoms with Gasteiger partial charge in [-0.2, -0.15) is 0 Å². The first-order valence-corrected chi connectivity index (χ1v) is 5.15. The van der Waals surface area contributed by atoms with E-state index in [0.29, 0.717) is 18.1 Å². The largest absolute Gasteiger partial charge is 0.490 e. The van der Waals surface area contributed by atoms with Crippen molar-refractivity contribution in [2.75, 3.05) is 13.7 Å². The first-order valence-electron chi connectivity index (χ1n) is 5.15. The monoisotopic (exact) mass is 224 g/mol. The molecule has 0 unspecified atom stereocenters. The summed E-state index contributed by atoms with van der Waals surface area (Å²) in [6.45, 7) is 4.07. The van der Waals surface area contributed by atoms with Crippen molar-refractivity contribution in [2.45, 2.75) is 20.0 Å². The molecule has 0 aliphatic carbocycles. The molecule has 1 rings (SSSR count). The molecule has 0 fully saturated rings. The molecule has 1 aromatic rings. The van der Waals surface area contributed by atoms with Crippen molar-refractivity contribution in [3.05, 3.63) is 24.3 Å². The van der Waals surface area contributed by atoms with Crippen molar-refractivity contribution in [3.8, 4) is 11.5 Å². The lowest BCUT2D eigenvalue weighted by atomic mass is 10.3. The summed E-state index contributed by atoms with van der Waals surface area (Å²) in [5, 5.41) is 0. The Morgan fingerprint density at radius 3 is 2.50 bits per heavy atom. The Bertz CT molecular complexity index is 349. The predicted molar refractivity (Wildman–Crippen MR) is 59.7 cm³/mol. The van der Waals surface area contributed by atoms with Crippen LogP contribution in [0.1, 0.15) is 13.8 Å². The number of methoxy groups -OCH3 is 1. The maximum atomic E-state index is 11.2. The molecule has 1 aromatic carbocycles. The molecule has 0 amide bonds. The molecule has 0 aliphatic heterocycles. The van der Waals surface area contributed by atoms with E-state index in [1.807, 2.05) is 19.1 Å². The SMILES string of the molecule is CCOc1ccccc1O[C@@H](C)C(=O)OC. The third-order valence-corrected chi connectivity index (χ3v) is 1.99. The van der Waals surface area contributed by atoms with Crippen LogP contribution in [0.4, 0.5) is 0 Å². The molecule has 88 valence electrons. The highest BCUT2D eigenvalue weighted by Gasteiger charge is 2.16. The molecule has 0 saturated carbocycles. The molecule has 0 saturated heterocycles. The van der Waals surface area contributed by atoms with E-state index in [1.54, 1.807) is 19.1 Å². The van der Waals surface area contributed by atoms with Crippen LogP contribution in [0.3, 0.4) is 0 Å². The molecule has 1 atom stereocenters. The molecular weight excluding hydrogens is 208 g/mol. The summed E-state index contributed by atoms with van der Waals surface area (Å²) < 4.78 is 15.4. The Hall–Kier alpha value is -1.71. The molecule has 0 bridgehead atoms. The van der Waals surface area contributed by atoms with Gasteiger partial charge in [0.25, 0.3) is 0 Å². The van der Waals surface area contributed by atoms with Crippen LogP contribution >= 0.6 is 0 Å². The highest BCUT2D eigenvalue weighted by atomic mass is 16.6. The van der Waals surface area contributed by atoms with Crippen LogP contribution in [0.5, 0.6) is 11.5 Å². The molecule has 16 heavy (non-hydrogen) atoms. The lowest BCUT2D eigenvalue weighted by Gasteiger charge is -2.15. The third-order valence-electron chi connectivity index (χ3n) is 1.99. The van der Waals surface area contributed by atoms with Crippen LogP contribution in [0.15, 0.2) is 24.3 Å². The zero-order valence-corrected chi connectivity index (χ0v) is 9.73. The Morgan fingerprint density at radius 1 is 1.31 bits per heavy atom. The molecule has 4 nitrogen and oxygen atoms in total. The van der Waals surface area contributed by atoms with Gasteiger partial charge in [-0.15, -0.1) is 0 Å². The number of hydrogen-bond donors (Lipinski definition) is 0. The van der Waals surface area contributed by atoms with Gasteiger partial charge in [0.15, 0.2) is 17.6 Å². The fourth-order valence-corrected chi connectivity index (χ4v) is 1.23. The van der Waals surface area contributed by atoms with E-state index < -0.39 is 12.1 Å². The van der Waals surface area contributed by atoms with Gasteiger partial charge in [0.1, 0.15) is 0 Å². The maximum Gasteiger partial charge on any atom is 0.346 e. The van der Waals surface area contributed by atoms with Crippen molar-refractivity contribution >= 4 is 5.97 Å². The van der Waals surface area contributed by atoms with Gasteiger partial charge in [-0.05, 0) is 26.0 Å². The summed E-state index contributed by atoms with van der Waals surface area (Å²) >= 11 is 0. The molecule has 0 aromatic heterocycles. The Kier molecular flexibility index (Phi) is 4.64. The van der Waals surface area contributed by atoms with Gasteiger partial charge in [0.05, 0.1) is 13.7 Å². The van der Waals surface area contributed by atoms with E-state index in [1.165, 1.54) is 7.11 Å². The van der Waals surface area contributed by atoms with Gasteiger partial charge in [-0.1, -0.05) is 12.1 Å². The van der Waals surface area contributed by atoms with Crippen LogP contribution in [-0.4, -0.2) is 25.8 Å². The van der Waals surface area contributed by atoms with E-state index in [0.717, 1.165) is 0 Å². The first-order chi connectivity index (χ1) is 7.69. The smallest absolute Gasteiger partial charge is 0.346 e. The number of rotatable bonds is 5. The standard InChI is InChI=1S/C12H16O4/c1-4-15-10-7-5-6-8-11(10)16-9(2)12(13)14-3/h5-9H,4H2,1-3H3/t9-/m0/s1. The fourth-order valence-electron chi connectivity index (χ4n) is 1.23. The second-order valence-electron chi connectivity index (χ2n) is 3.16. The number of carbonyl (C=O) groups is 1. The Balaban J connectivity index is 2.75. The third kappa shape index (κ3) is 3.15. The summed E-state index contributed by atoms with van der Waals surface area (Å²) in [4.78, 5) is 11.2. The van der Waals surface area contributed by atoms with E-state index in [9.17, 15) is 4.79 Å². The topological polar surface area (TPSA) is 44.8 Å². The second kappa shape index (κ2) is 6.00. The van der Waals surface area contributed by atoms with Crippen molar-refractivity contribution < 1.29 is 19.0 Å². The van der Waals surface area contributed by atoms with Gasteiger partial charge >= 0.3 is 5.97 Å². The van der Waals surface area contributed by atoms with Crippen LogP contribution in [0.2, 0.25) is 0 Å². The van der Waals surface area contributed by atoms with Gasteiger partial charge in [0.2, 0.25) is 0 Å². The zero-order chi connectivity index (χ0) is 12.0. The summed E-state index contributed by atoms with van der Waals surface area (Å²) in [6, 6.07) is 7.22. The average Bonchev–Trinajstić information content (AvgIpc) is 2.31. The van der Waals surface area contributed by atoms with Crippen LogP contribution in [0.25, 0.3) is 0 Å². The molecular formula is C12H16O4. The number of benzene rings is 1. The number of carbonyl (C=O) groups excluding carboxylic acids is 1. The predicted octanol–water partition coefficient (Wildman–Crippen LogP) is 2.03. The highest BCUT2D eigenvalue weighted by Crippen LogP contribution is 2.27. The van der Waals surface area contributed by atoms with Gasteiger partial charge in [-0.3, -0.25) is 0 Å². The average molecular weight is 224 g/mol. The normalized spacial score (nSPS) is 11.7. The Morgan fingerprint density at radius 2 is 1.94 bits per heavy atom. The van der Waals surface area contributed by atoms with Gasteiger partial charge in [0, 0.05) is 0 Å². The van der Waals surface area contributed by atoms with Crippen molar-refractivity contribution in [1.29, 1.82) is 0 Å². The first kappa shape index (κ1) is 12.4. The highest BCUT2D eigenvalue weighted by molar-refractivity contribution is 5.74. The minimum Gasteiger partial charge on any atom is -0.490 e. The van der Waals surface area contributed by atoms with Crippen molar-refractivity contribution in [3.63, 3.8) is 0 Å². The maximum absolute atomic E-state index is 11.2. The van der Waals surface area contributed by atoms with E-state index in [-0.39, 0.29) is 0 Å². The van der Waals surface area contributed by atoms with Gasteiger partial charge in [-0.25, -0.2) is 4.79 Å². The molecule has 0 radical (unpaired) electrons. The number of ether oxygens (including phenoxy) is 3. The summed E-state index contributed by atoms with van der Waals surface area (Å²) in [6.07, 6.45) is -0.647. The molecule has 0 spiro atoms. The Labute approximate surface area is 95.1 Å². The second-order valence-corrected chi connectivity index (χ2v) is 3.16. The number of hydrogen-bond acceptors (Lipinski definition) is 4. The van der Waals surface area contributed by atoms with Crippen molar-refractivity contribution in [1.82, 2.24) is 0 Å².